The van der Waals surface area contributed by atoms with Gasteiger partial charge in [-0.1, -0.05) is 0 Å². The summed E-state index contributed by atoms with van der Waals surface area (Å²) in [6.45, 7) is 3.07. The number of carbonyl (C=O) groups excluding carboxylic acids is 1. The van der Waals surface area contributed by atoms with E-state index in [2.05, 4.69) is 5.43 Å². The Morgan fingerprint density at radius 3 is 2.11 bits per heavy atom. The van der Waals surface area contributed by atoms with Gasteiger partial charge in [-0.25, -0.2) is 8.42 Å². The molecule has 11 heteroatoms. The highest BCUT2D eigenvalue weighted by Gasteiger charge is 2.23. The van der Waals surface area contributed by atoms with Crippen LogP contribution in [0.2, 0.25) is 0 Å². The minimum absolute atomic E-state index is 0.0887. The van der Waals surface area contributed by atoms with Gasteiger partial charge < -0.3 is 9.47 Å². The maximum atomic E-state index is 12.6. The number of amides is 1. The summed E-state index contributed by atoms with van der Waals surface area (Å²) < 4.78 is 35.3. The average molecular weight is 409 g/mol. The third-order valence-corrected chi connectivity index (χ3v) is 5.39. The highest BCUT2D eigenvalue weighted by atomic mass is 32.2. The van der Waals surface area contributed by atoms with Crippen molar-refractivity contribution in [2.75, 3.05) is 14.2 Å². The van der Waals surface area contributed by atoms with Crippen LogP contribution in [0.3, 0.4) is 0 Å². The first kappa shape index (κ1) is 21.1. The molecule has 0 atom stereocenters. The normalized spacial score (nSPS) is 11.0. The summed E-state index contributed by atoms with van der Waals surface area (Å²) in [7, 11) is -1.43. The number of carbonyl (C=O) groups is 1. The first-order valence-corrected chi connectivity index (χ1v) is 9.38. The first-order valence-electron chi connectivity index (χ1n) is 7.90. The highest BCUT2D eigenvalue weighted by molar-refractivity contribution is 7.89. The zero-order valence-corrected chi connectivity index (χ0v) is 16.4. The van der Waals surface area contributed by atoms with Gasteiger partial charge in [0.05, 0.1) is 24.0 Å². The summed E-state index contributed by atoms with van der Waals surface area (Å²) in [5.74, 6) is -0.0735. The Morgan fingerprint density at radius 2 is 1.61 bits per heavy atom. The largest absolute Gasteiger partial charge is 0.497 e. The number of ether oxygens (including phenoxy) is 2. The number of hydrogen-bond donors (Lipinski definition) is 2. The molecule has 0 unspecified atom stereocenters. The molecule has 0 bridgehead atoms. The fourth-order valence-corrected chi connectivity index (χ4v) is 3.55. The second-order valence-corrected chi connectivity index (χ2v) is 7.45. The molecule has 0 aromatic heterocycles. The van der Waals surface area contributed by atoms with Gasteiger partial charge in [0.15, 0.2) is 0 Å². The second-order valence-electron chi connectivity index (χ2n) is 5.80. The van der Waals surface area contributed by atoms with Gasteiger partial charge in [0.1, 0.15) is 11.5 Å². The number of hydrogen-bond acceptors (Lipinski definition) is 7. The van der Waals surface area contributed by atoms with Crippen molar-refractivity contribution >= 4 is 21.6 Å². The fourth-order valence-electron chi connectivity index (χ4n) is 2.37. The molecule has 1 amide bonds. The summed E-state index contributed by atoms with van der Waals surface area (Å²) in [5, 5.41) is 11.0. The summed E-state index contributed by atoms with van der Waals surface area (Å²) >= 11 is 0. The fraction of sp³-hybridized carbons (Fsp3) is 0.235. The molecule has 0 aliphatic carbocycles. The lowest BCUT2D eigenvalue weighted by Gasteiger charge is -2.13. The average Bonchev–Trinajstić information content (AvgIpc) is 2.67. The first-order chi connectivity index (χ1) is 13.1. The van der Waals surface area contributed by atoms with Crippen molar-refractivity contribution < 1.29 is 27.6 Å². The number of aryl methyl sites for hydroxylation is 1. The number of sulfonamides is 1. The third-order valence-electron chi connectivity index (χ3n) is 4.02. The Kier molecular flexibility index (Phi) is 6.21. The van der Waals surface area contributed by atoms with E-state index in [1.54, 1.807) is 13.0 Å². The van der Waals surface area contributed by atoms with E-state index in [4.69, 9.17) is 9.47 Å². The molecular weight excluding hydrogens is 390 g/mol. The third kappa shape index (κ3) is 4.56. The highest BCUT2D eigenvalue weighted by Crippen LogP contribution is 2.25. The Morgan fingerprint density at radius 1 is 1.04 bits per heavy atom. The van der Waals surface area contributed by atoms with E-state index >= 15 is 0 Å². The van der Waals surface area contributed by atoms with E-state index in [0.717, 1.165) is 6.07 Å². The number of rotatable bonds is 7. The molecule has 2 aromatic carbocycles. The van der Waals surface area contributed by atoms with Crippen molar-refractivity contribution in [2.45, 2.75) is 18.7 Å². The number of non-ortho nitro benzene ring substituents is 1. The van der Waals surface area contributed by atoms with Gasteiger partial charge in [-0.05, 0) is 37.1 Å². The number of hydrazine groups is 1. The summed E-state index contributed by atoms with van der Waals surface area (Å²) in [5.41, 5.74) is 2.56. The minimum atomic E-state index is -4.25. The molecule has 0 heterocycles. The molecule has 0 spiro atoms. The Labute approximate surface area is 161 Å². The van der Waals surface area contributed by atoms with Crippen LogP contribution < -0.4 is 19.7 Å². The summed E-state index contributed by atoms with van der Waals surface area (Å²) in [6.07, 6.45) is 0. The van der Waals surface area contributed by atoms with Crippen molar-refractivity contribution in [3.8, 4) is 11.5 Å². The zero-order chi connectivity index (χ0) is 21.1. The van der Waals surface area contributed by atoms with Gasteiger partial charge in [0.2, 0.25) is 0 Å². The van der Waals surface area contributed by atoms with E-state index in [0.29, 0.717) is 22.6 Å². The lowest BCUT2D eigenvalue weighted by Crippen LogP contribution is -2.41. The monoisotopic (exact) mass is 409 g/mol. The standard InChI is InChI=1S/C17H19N3O7S/c1-10-5-13(20(22)23)8-16(11(10)2)28(24,25)19-18-17(21)12-6-14(26-3)9-15(7-12)27-4/h5-9,19H,1-4H3,(H,18,21). The zero-order valence-electron chi connectivity index (χ0n) is 15.6. The molecule has 0 aliphatic heterocycles. The second kappa shape index (κ2) is 8.23. The number of nitrogens with one attached hydrogen (secondary N) is 2. The Balaban J connectivity index is 2.29. The van der Waals surface area contributed by atoms with Crippen LogP contribution in [-0.2, 0) is 10.0 Å². The van der Waals surface area contributed by atoms with Crippen LogP contribution in [0.25, 0.3) is 0 Å². The lowest BCUT2D eigenvalue weighted by molar-refractivity contribution is -0.385. The number of benzene rings is 2. The van der Waals surface area contributed by atoms with Crippen LogP contribution >= 0.6 is 0 Å². The van der Waals surface area contributed by atoms with Crippen LogP contribution in [0.1, 0.15) is 21.5 Å². The van der Waals surface area contributed by atoms with E-state index < -0.39 is 20.9 Å². The van der Waals surface area contributed by atoms with Crippen molar-refractivity contribution in [2.24, 2.45) is 0 Å². The van der Waals surface area contributed by atoms with E-state index in [1.807, 2.05) is 4.83 Å². The molecule has 2 N–H and O–H groups in total. The van der Waals surface area contributed by atoms with Gasteiger partial charge in [0.25, 0.3) is 21.6 Å². The minimum Gasteiger partial charge on any atom is -0.497 e. The van der Waals surface area contributed by atoms with Crippen molar-refractivity contribution in [3.05, 3.63) is 57.1 Å². The number of nitro groups is 1. The van der Waals surface area contributed by atoms with E-state index in [1.165, 1.54) is 39.3 Å². The number of nitrogens with zero attached hydrogens (tertiary/aromatic N) is 1. The maximum absolute atomic E-state index is 12.6. The maximum Gasteiger partial charge on any atom is 0.271 e. The van der Waals surface area contributed by atoms with E-state index in [-0.39, 0.29) is 16.1 Å². The van der Waals surface area contributed by atoms with Gasteiger partial charge in [0, 0.05) is 23.8 Å². The number of methoxy groups -OCH3 is 2. The number of nitro benzene ring substituents is 1. The van der Waals surface area contributed by atoms with Crippen molar-refractivity contribution in [1.82, 2.24) is 10.3 Å². The molecule has 2 aromatic rings. The van der Waals surface area contributed by atoms with Gasteiger partial charge in [-0.3, -0.25) is 20.3 Å². The molecule has 0 saturated heterocycles. The van der Waals surface area contributed by atoms with Gasteiger partial charge in [-0.15, -0.1) is 4.83 Å². The van der Waals surface area contributed by atoms with Crippen molar-refractivity contribution in [3.63, 3.8) is 0 Å². The lowest BCUT2D eigenvalue weighted by atomic mass is 10.1. The Bertz CT molecular complexity index is 1010. The van der Waals surface area contributed by atoms with Crippen LogP contribution in [0, 0.1) is 24.0 Å². The summed E-state index contributed by atoms with van der Waals surface area (Å²) in [6, 6.07) is 6.56. The molecule has 0 saturated carbocycles. The predicted octanol–water partition coefficient (Wildman–Crippen LogP) is 1.85. The molecule has 10 nitrogen and oxygen atoms in total. The molecule has 28 heavy (non-hydrogen) atoms. The predicted molar refractivity (Wildman–Crippen MR) is 99.9 cm³/mol. The SMILES string of the molecule is COc1cc(OC)cc(C(=O)NNS(=O)(=O)c2cc([N+](=O)[O-])cc(C)c2C)c1. The molecule has 150 valence electrons. The topological polar surface area (TPSA) is 137 Å². The summed E-state index contributed by atoms with van der Waals surface area (Å²) in [4.78, 5) is 24.3. The molecule has 0 aliphatic rings. The molecular formula is C17H19N3O7S. The van der Waals surface area contributed by atoms with Crippen LogP contribution in [0.5, 0.6) is 11.5 Å². The molecule has 0 radical (unpaired) electrons. The van der Waals surface area contributed by atoms with Gasteiger partial charge >= 0.3 is 0 Å². The molecule has 2 rings (SSSR count). The molecule has 0 fully saturated rings. The Hall–Kier alpha value is -3.18. The van der Waals surface area contributed by atoms with Crippen LogP contribution in [0.4, 0.5) is 5.69 Å². The van der Waals surface area contributed by atoms with Crippen LogP contribution in [-0.4, -0.2) is 33.5 Å². The van der Waals surface area contributed by atoms with Gasteiger partial charge in [-0.2, -0.15) is 0 Å². The van der Waals surface area contributed by atoms with Crippen molar-refractivity contribution in [1.29, 1.82) is 0 Å². The van der Waals surface area contributed by atoms with Crippen LogP contribution in [0.15, 0.2) is 35.2 Å². The smallest absolute Gasteiger partial charge is 0.271 e. The quantitative estimate of drug-likeness (QED) is 0.526. The van der Waals surface area contributed by atoms with E-state index in [9.17, 15) is 23.3 Å².